The lowest BCUT2D eigenvalue weighted by molar-refractivity contribution is 0.0957. The van der Waals surface area contributed by atoms with E-state index >= 15 is 0 Å². The van der Waals surface area contributed by atoms with Crippen molar-refractivity contribution in [1.82, 2.24) is 10.3 Å². The second-order valence-electron chi connectivity index (χ2n) is 4.84. The van der Waals surface area contributed by atoms with Gasteiger partial charge in [-0.15, -0.1) is 11.3 Å². The Kier molecular flexibility index (Phi) is 3.79. The molecule has 0 atom stereocenters. The molecule has 0 spiro atoms. The Balaban J connectivity index is 1.56. The zero-order valence-electron chi connectivity index (χ0n) is 11.9. The van der Waals surface area contributed by atoms with Crippen molar-refractivity contribution in [2.75, 3.05) is 13.3 Å². The lowest BCUT2D eigenvalue weighted by Gasteiger charge is -2.05. The lowest BCUT2D eigenvalue weighted by Crippen LogP contribution is -2.25. The fraction of sp³-hybridized carbons (Fsp3) is 0.333. The second kappa shape index (κ2) is 5.73. The molecule has 1 aromatic carbocycles. The molecule has 1 aromatic heterocycles. The van der Waals surface area contributed by atoms with Gasteiger partial charge in [-0.25, -0.2) is 4.98 Å². The van der Waals surface area contributed by atoms with Crippen LogP contribution in [0.15, 0.2) is 18.2 Å². The molecule has 0 saturated heterocycles. The number of hydrogen-bond donors (Lipinski definition) is 1. The number of amides is 1. The third kappa shape index (κ3) is 3.00. The van der Waals surface area contributed by atoms with Gasteiger partial charge in [-0.1, -0.05) is 6.07 Å². The summed E-state index contributed by atoms with van der Waals surface area (Å²) in [5.41, 5.74) is 1.90. The van der Waals surface area contributed by atoms with E-state index in [4.69, 9.17) is 9.47 Å². The summed E-state index contributed by atoms with van der Waals surface area (Å²) < 4.78 is 10.6. The van der Waals surface area contributed by atoms with Crippen LogP contribution in [-0.4, -0.2) is 24.2 Å². The number of aryl methyl sites for hydroxylation is 2. The van der Waals surface area contributed by atoms with E-state index in [1.165, 1.54) is 11.3 Å². The van der Waals surface area contributed by atoms with Crippen LogP contribution in [0.25, 0.3) is 0 Å². The van der Waals surface area contributed by atoms with Crippen molar-refractivity contribution in [2.24, 2.45) is 0 Å². The summed E-state index contributed by atoms with van der Waals surface area (Å²) in [4.78, 5) is 17.0. The molecule has 3 rings (SSSR count). The van der Waals surface area contributed by atoms with E-state index in [1.54, 1.807) is 0 Å². The van der Waals surface area contributed by atoms with Gasteiger partial charge in [-0.2, -0.15) is 0 Å². The Morgan fingerprint density at radius 3 is 2.90 bits per heavy atom. The number of hydrogen-bond acceptors (Lipinski definition) is 5. The molecule has 0 radical (unpaired) electrons. The first-order chi connectivity index (χ1) is 10.1. The minimum atomic E-state index is -0.0566. The molecule has 1 aliphatic heterocycles. The maximum Gasteiger partial charge on any atom is 0.263 e. The largest absolute Gasteiger partial charge is 0.454 e. The van der Waals surface area contributed by atoms with E-state index in [0.717, 1.165) is 34.2 Å². The molecule has 0 saturated carbocycles. The van der Waals surface area contributed by atoms with Crippen LogP contribution in [0.5, 0.6) is 11.5 Å². The summed E-state index contributed by atoms with van der Waals surface area (Å²) in [6.07, 6.45) is 0.749. The number of fused-ring (bicyclic) bond motifs is 1. The quantitative estimate of drug-likeness (QED) is 0.942. The van der Waals surface area contributed by atoms with Crippen LogP contribution in [0.4, 0.5) is 0 Å². The average Bonchev–Trinajstić information content (AvgIpc) is 3.04. The highest BCUT2D eigenvalue weighted by atomic mass is 32.1. The Labute approximate surface area is 126 Å². The Hall–Kier alpha value is -2.08. The van der Waals surface area contributed by atoms with Crippen LogP contribution in [0.1, 0.15) is 25.9 Å². The summed E-state index contributed by atoms with van der Waals surface area (Å²) in [6, 6.07) is 5.84. The molecule has 6 heteroatoms. The fourth-order valence-corrected chi connectivity index (χ4v) is 3.08. The summed E-state index contributed by atoms with van der Waals surface area (Å²) in [5, 5.41) is 3.84. The third-order valence-corrected chi connectivity index (χ3v) is 4.32. The van der Waals surface area contributed by atoms with Crippen LogP contribution in [0.3, 0.4) is 0 Å². The Bertz CT molecular complexity index is 682. The van der Waals surface area contributed by atoms with E-state index in [-0.39, 0.29) is 12.7 Å². The predicted molar refractivity (Wildman–Crippen MR) is 80.2 cm³/mol. The normalized spacial score (nSPS) is 12.5. The van der Waals surface area contributed by atoms with Crippen LogP contribution < -0.4 is 14.8 Å². The first kappa shape index (κ1) is 13.9. The summed E-state index contributed by atoms with van der Waals surface area (Å²) in [7, 11) is 0. The molecular weight excluding hydrogens is 288 g/mol. The average molecular weight is 304 g/mol. The number of thiazole rings is 1. The first-order valence-corrected chi connectivity index (χ1v) is 7.56. The van der Waals surface area contributed by atoms with Crippen LogP contribution in [-0.2, 0) is 6.42 Å². The number of nitrogens with zero attached hydrogens (tertiary/aromatic N) is 1. The van der Waals surface area contributed by atoms with E-state index < -0.39 is 0 Å². The zero-order valence-corrected chi connectivity index (χ0v) is 12.8. The molecule has 2 heterocycles. The van der Waals surface area contributed by atoms with Crippen molar-refractivity contribution in [2.45, 2.75) is 20.3 Å². The van der Waals surface area contributed by atoms with E-state index in [2.05, 4.69) is 10.3 Å². The van der Waals surface area contributed by atoms with Gasteiger partial charge in [0.05, 0.1) is 10.7 Å². The molecule has 0 unspecified atom stereocenters. The molecule has 2 aromatic rings. The number of aromatic nitrogens is 1. The number of benzene rings is 1. The van der Waals surface area contributed by atoms with Crippen molar-refractivity contribution < 1.29 is 14.3 Å². The van der Waals surface area contributed by atoms with Gasteiger partial charge in [0.15, 0.2) is 11.5 Å². The lowest BCUT2D eigenvalue weighted by atomic mass is 10.1. The topological polar surface area (TPSA) is 60.5 Å². The molecule has 110 valence electrons. The van der Waals surface area contributed by atoms with Crippen molar-refractivity contribution in [1.29, 1.82) is 0 Å². The minimum absolute atomic E-state index is 0.0566. The maximum atomic E-state index is 12.1. The highest BCUT2D eigenvalue weighted by Gasteiger charge is 2.15. The fourth-order valence-electron chi connectivity index (χ4n) is 2.24. The van der Waals surface area contributed by atoms with Gasteiger partial charge in [0.25, 0.3) is 5.91 Å². The SMILES string of the molecule is Cc1nc(C)c(C(=O)NCCc2ccc3c(c2)OCO3)s1. The zero-order chi connectivity index (χ0) is 14.8. The number of carbonyl (C=O) groups is 1. The number of nitrogens with one attached hydrogen (secondary N) is 1. The molecule has 21 heavy (non-hydrogen) atoms. The Morgan fingerprint density at radius 1 is 1.33 bits per heavy atom. The molecule has 1 amide bonds. The van der Waals surface area contributed by atoms with Crippen LogP contribution >= 0.6 is 11.3 Å². The van der Waals surface area contributed by atoms with Crippen LogP contribution in [0.2, 0.25) is 0 Å². The molecule has 0 bridgehead atoms. The molecule has 0 fully saturated rings. The highest BCUT2D eigenvalue weighted by Crippen LogP contribution is 2.32. The van der Waals surface area contributed by atoms with Gasteiger partial charge in [0.2, 0.25) is 6.79 Å². The summed E-state index contributed by atoms with van der Waals surface area (Å²) >= 11 is 1.43. The first-order valence-electron chi connectivity index (χ1n) is 6.74. The van der Waals surface area contributed by atoms with Crippen molar-refractivity contribution >= 4 is 17.2 Å². The number of ether oxygens (including phenoxy) is 2. The van der Waals surface area contributed by atoms with Gasteiger partial charge < -0.3 is 14.8 Å². The van der Waals surface area contributed by atoms with E-state index in [1.807, 2.05) is 32.0 Å². The predicted octanol–water partition coefficient (Wildman–Crippen LogP) is 2.46. The number of rotatable bonds is 4. The standard InChI is InChI=1S/C15H16N2O3S/c1-9-14(21-10(2)17-9)15(18)16-6-5-11-3-4-12-13(7-11)20-8-19-12/h3-4,7H,5-6,8H2,1-2H3,(H,16,18). The van der Waals surface area contributed by atoms with Gasteiger partial charge in [0, 0.05) is 6.54 Å². The van der Waals surface area contributed by atoms with E-state index in [9.17, 15) is 4.79 Å². The minimum Gasteiger partial charge on any atom is -0.454 e. The van der Waals surface area contributed by atoms with Crippen molar-refractivity contribution in [3.8, 4) is 11.5 Å². The Morgan fingerprint density at radius 2 is 2.14 bits per heavy atom. The smallest absolute Gasteiger partial charge is 0.263 e. The number of carbonyl (C=O) groups excluding carboxylic acids is 1. The molecule has 5 nitrogen and oxygen atoms in total. The van der Waals surface area contributed by atoms with Crippen molar-refractivity contribution in [3.05, 3.63) is 39.3 Å². The van der Waals surface area contributed by atoms with Gasteiger partial charge in [0.1, 0.15) is 4.88 Å². The van der Waals surface area contributed by atoms with Gasteiger partial charge >= 0.3 is 0 Å². The summed E-state index contributed by atoms with van der Waals surface area (Å²) in [6.45, 7) is 4.62. The highest BCUT2D eigenvalue weighted by molar-refractivity contribution is 7.13. The molecule has 0 aliphatic carbocycles. The van der Waals surface area contributed by atoms with Crippen LogP contribution in [0, 0.1) is 13.8 Å². The third-order valence-electron chi connectivity index (χ3n) is 3.25. The van der Waals surface area contributed by atoms with Gasteiger partial charge in [-0.05, 0) is 38.0 Å². The van der Waals surface area contributed by atoms with E-state index in [0.29, 0.717) is 11.4 Å². The second-order valence-corrected chi connectivity index (χ2v) is 6.04. The molecular formula is C15H16N2O3S. The molecule has 1 N–H and O–H groups in total. The summed E-state index contributed by atoms with van der Waals surface area (Å²) in [5.74, 6) is 1.49. The molecule has 1 aliphatic rings. The van der Waals surface area contributed by atoms with Crippen molar-refractivity contribution in [3.63, 3.8) is 0 Å². The monoisotopic (exact) mass is 304 g/mol. The maximum absolute atomic E-state index is 12.1. The van der Waals surface area contributed by atoms with Gasteiger partial charge in [-0.3, -0.25) is 4.79 Å².